The van der Waals surface area contributed by atoms with Crippen LogP contribution in [-0.2, 0) is 4.74 Å². The van der Waals surface area contributed by atoms with Crippen molar-refractivity contribution in [2.24, 2.45) is 0 Å². The van der Waals surface area contributed by atoms with Gasteiger partial charge in [-0.2, -0.15) is 0 Å². The molecule has 0 saturated carbocycles. The molecule has 2 fully saturated rings. The Hall–Kier alpha value is -0.120. The quantitative estimate of drug-likeness (QED) is 0.641. The van der Waals surface area contributed by atoms with Crippen molar-refractivity contribution >= 4 is 0 Å². The number of hydrogen-bond acceptors (Lipinski definition) is 3. The highest BCUT2D eigenvalue weighted by Crippen LogP contribution is 2.34. The number of ether oxygens (including phenoxy) is 1. The lowest BCUT2D eigenvalue weighted by Gasteiger charge is -2.39. The van der Waals surface area contributed by atoms with Crippen molar-refractivity contribution in [3.8, 4) is 0 Å². The second kappa shape index (κ2) is 3.23. The zero-order chi connectivity index (χ0) is 9.47. The number of piperidine rings is 1. The smallest absolute Gasteiger partial charge is 0.110 e. The van der Waals surface area contributed by atoms with Gasteiger partial charge >= 0.3 is 0 Å². The molecule has 0 amide bonds. The zero-order valence-electron chi connectivity index (χ0n) is 8.49. The van der Waals surface area contributed by atoms with Gasteiger partial charge < -0.3 is 14.7 Å². The summed E-state index contributed by atoms with van der Waals surface area (Å²) in [4.78, 5) is 2.41. The van der Waals surface area contributed by atoms with E-state index in [0.29, 0.717) is 6.04 Å². The molecule has 0 aliphatic carbocycles. The molecule has 3 nitrogen and oxygen atoms in total. The Bertz CT molecular complexity index is 181. The Morgan fingerprint density at radius 2 is 1.92 bits per heavy atom. The SMILES string of the molecule is CC(C)N1CCC(O)(C2CO2)CC1. The Morgan fingerprint density at radius 1 is 1.38 bits per heavy atom. The highest BCUT2D eigenvalue weighted by molar-refractivity contribution is 4.98. The lowest BCUT2D eigenvalue weighted by molar-refractivity contribution is -0.0467. The topological polar surface area (TPSA) is 36.0 Å². The van der Waals surface area contributed by atoms with Gasteiger partial charge in [0.15, 0.2) is 0 Å². The van der Waals surface area contributed by atoms with Crippen LogP contribution in [0, 0.1) is 0 Å². The Morgan fingerprint density at radius 3 is 2.31 bits per heavy atom. The van der Waals surface area contributed by atoms with Crippen LogP contribution in [0.5, 0.6) is 0 Å². The molecule has 2 aliphatic rings. The van der Waals surface area contributed by atoms with Gasteiger partial charge in [-0.3, -0.25) is 0 Å². The van der Waals surface area contributed by atoms with Crippen LogP contribution >= 0.6 is 0 Å². The highest BCUT2D eigenvalue weighted by atomic mass is 16.6. The Labute approximate surface area is 79.7 Å². The second-order valence-corrected chi connectivity index (χ2v) is 4.56. The number of nitrogens with zero attached hydrogens (tertiary/aromatic N) is 1. The summed E-state index contributed by atoms with van der Waals surface area (Å²) >= 11 is 0. The van der Waals surface area contributed by atoms with E-state index in [9.17, 15) is 5.11 Å². The van der Waals surface area contributed by atoms with E-state index in [0.717, 1.165) is 32.5 Å². The van der Waals surface area contributed by atoms with E-state index < -0.39 is 5.60 Å². The summed E-state index contributed by atoms with van der Waals surface area (Å²) in [6.07, 6.45) is 1.88. The van der Waals surface area contributed by atoms with Crippen molar-refractivity contribution in [1.82, 2.24) is 4.90 Å². The summed E-state index contributed by atoms with van der Waals surface area (Å²) in [6.45, 7) is 7.19. The van der Waals surface area contributed by atoms with Gasteiger partial charge in [-0.1, -0.05) is 0 Å². The third-order valence-corrected chi connectivity index (χ3v) is 3.33. The lowest BCUT2D eigenvalue weighted by Crippen LogP contribution is -2.49. The number of rotatable bonds is 2. The molecule has 2 aliphatic heterocycles. The van der Waals surface area contributed by atoms with E-state index in [2.05, 4.69) is 18.7 Å². The molecule has 0 radical (unpaired) electrons. The van der Waals surface area contributed by atoms with E-state index in [4.69, 9.17) is 4.74 Å². The van der Waals surface area contributed by atoms with Gasteiger partial charge in [0.25, 0.3) is 0 Å². The Kier molecular flexibility index (Phi) is 2.34. The predicted octanol–water partition coefficient (Wildman–Crippen LogP) is 0.620. The van der Waals surface area contributed by atoms with Crippen molar-refractivity contribution in [3.05, 3.63) is 0 Å². The molecule has 13 heavy (non-hydrogen) atoms. The monoisotopic (exact) mass is 185 g/mol. The van der Waals surface area contributed by atoms with Crippen molar-refractivity contribution < 1.29 is 9.84 Å². The minimum absolute atomic E-state index is 0.141. The van der Waals surface area contributed by atoms with Crippen LogP contribution in [0.1, 0.15) is 26.7 Å². The number of aliphatic hydroxyl groups is 1. The molecule has 1 unspecified atom stereocenters. The molecule has 2 saturated heterocycles. The summed E-state index contributed by atoms with van der Waals surface area (Å²) in [5.74, 6) is 0. The summed E-state index contributed by atoms with van der Waals surface area (Å²) in [7, 11) is 0. The molecule has 0 bridgehead atoms. The zero-order valence-corrected chi connectivity index (χ0v) is 8.49. The van der Waals surface area contributed by atoms with Crippen LogP contribution in [0.15, 0.2) is 0 Å². The molecule has 2 rings (SSSR count). The van der Waals surface area contributed by atoms with Crippen LogP contribution in [0.2, 0.25) is 0 Å². The third-order valence-electron chi connectivity index (χ3n) is 3.33. The largest absolute Gasteiger partial charge is 0.387 e. The highest BCUT2D eigenvalue weighted by Gasteiger charge is 2.47. The fraction of sp³-hybridized carbons (Fsp3) is 1.00. The number of hydrogen-bond donors (Lipinski definition) is 1. The van der Waals surface area contributed by atoms with E-state index in [-0.39, 0.29) is 6.10 Å². The average Bonchev–Trinajstić information content (AvgIpc) is 2.87. The van der Waals surface area contributed by atoms with Crippen LogP contribution in [-0.4, -0.2) is 47.4 Å². The second-order valence-electron chi connectivity index (χ2n) is 4.56. The van der Waals surface area contributed by atoms with Gasteiger partial charge in [0.05, 0.1) is 12.2 Å². The maximum Gasteiger partial charge on any atom is 0.110 e. The molecule has 3 heteroatoms. The summed E-state index contributed by atoms with van der Waals surface area (Å²) < 4.78 is 5.18. The molecular formula is C10H19NO2. The summed E-state index contributed by atoms with van der Waals surface area (Å²) in [6, 6.07) is 0.602. The molecule has 1 atom stereocenters. The maximum atomic E-state index is 10.2. The number of likely N-dealkylation sites (tertiary alicyclic amines) is 1. The fourth-order valence-corrected chi connectivity index (χ4v) is 2.11. The first kappa shape index (κ1) is 9.44. The molecular weight excluding hydrogens is 166 g/mol. The van der Waals surface area contributed by atoms with Crippen molar-refractivity contribution in [3.63, 3.8) is 0 Å². The average molecular weight is 185 g/mol. The van der Waals surface area contributed by atoms with Crippen LogP contribution in [0.25, 0.3) is 0 Å². The minimum Gasteiger partial charge on any atom is -0.387 e. The van der Waals surface area contributed by atoms with Gasteiger partial charge in [0.2, 0.25) is 0 Å². The first-order chi connectivity index (χ1) is 6.12. The molecule has 2 heterocycles. The number of epoxide rings is 1. The first-order valence-electron chi connectivity index (χ1n) is 5.20. The standard InChI is InChI=1S/C10H19NO2/c1-8(2)11-5-3-10(12,4-6-11)9-7-13-9/h8-9,12H,3-7H2,1-2H3. The first-order valence-corrected chi connectivity index (χ1v) is 5.20. The molecule has 1 N–H and O–H groups in total. The molecule has 0 aromatic rings. The van der Waals surface area contributed by atoms with Crippen LogP contribution in [0.4, 0.5) is 0 Å². The summed E-state index contributed by atoms with van der Waals surface area (Å²) in [5, 5.41) is 10.2. The third kappa shape index (κ3) is 1.87. The van der Waals surface area contributed by atoms with Crippen LogP contribution in [0.3, 0.4) is 0 Å². The van der Waals surface area contributed by atoms with Crippen molar-refractivity contribution in [2.45, 2.75) is 44.4 Å². The summed E-state index contributed by atoms with van der Waals surface area (Å²) in [5.41, 5.74) is -0.509. The minimum atomic E-state index is -0.509. The normalized spacial score (nSPS) is 33.7. The van der Waals surface area contributed by atoms with E-state index in [1.165, 1.54) is 0 Å². The van der Waals surface area contributed by atoms with Gasteiger partial charge in [0, 0.05) is 19.1 Å². The van der Waals surface area contributed by atoms with Crippen molar-refractivity contribution in [1.29, 1.82) is 0 Å². The molecule has 0 aromatic heterocycles. The molecule has 0 spiro atoms. The van der Waals surface area contributed by atoms with Gasteiger partial charge in [-0.05, 0) is 26.7 Å². The van der Waals surface area contributed by atoms with E-state index in [1.54, 1.807) is 0 Å². The van der Waals surface area contributed by atoms with E-state index in [1.807, 2.05) is 0 Å². The van der Waals surface area contributed by atoms with E-state index >= 15 is 0 Å². The fourth-order valence-electron chi connectivity index (χ4n) is 2.11. The van der Waals surface area contributed by atoms with Gasteiger partial charge in [0.1, 0.15) is 6.10 Å². The molecule has 76 valence electrons. The van der Waals surface area contributed by atoms with Crippen LogP contribution < -0.4 is 0 Å². The maximum absolute atomic E-state index is 10.2. The van der Waals surface area contributed by atoms with Gasteiger partial charge in [-0.25, -0.2) is 0 Å². The Balaban J connectivity index is 1.87. The van der Waals surface area contributed by atoms with Crippen molar-refractivity contribution in [2.75, 3.05) is 19.7 Å². The predicted molar refractivity (Wildman–Crippen MR) is 50.6 cm³/mol. The molecule has 0 aromatic carbocycles. The van der Waals surface area contributed by atoms with Gasteiger partial charge in [-0.15, -0.1) is 0 Å². The lowest BCUT2D eigenvalue weighted by atomic mass is 9.88.